The first kappa shape index (κ1) is 11.4. The predicted octanol–water partition coefficient (Wildman–Crippen LogP) is 2.83. The highest BCUT2D eigenvalue weighted by molar-refractivity contribution is 5.36. The first-order chi connectivity index (χ1) is 7.52. The van der Waals surface area contributed by atoms with Gasteiger partial charge in [-0.2, -0.15) is 13.2 Å². The van der Waals surface area contributed by atoms with Crippen molar-refractivity contribution >= 4 is 0 Å². The summed E-state index contributed by atoms with van der Waals surface area (Å²) in [6.07, 6.45) is -0.877. The van der Waals surface area contributed by atoms with Gasteiger partial charge in [-0.15, -0.1) is 0 Å². The lowest BCUT2D eigenvalue weighted by atomic mass is 10.1. The quantitative estimate of drug-likeness (QED) is 0.776. The van der Waals surface area contributed by atoms with Gasteiger partial charge in [0.05, 0.1) is 5.56 Å². The average Bonchev–Trinajstić information content (AvgIpc) is 2.58. The van der Waals surface area contributed by atoms with Gasteiger partial charge in [0.25, 0.3) is 0 Å². The van der Waals surface area contributed by atoms with Crippen molar-refractivity contribution in [1.29, 1.82) is 0 Å². The molecular formula is C11H13F3N2. The molecule has 1 aliphatic rings. The van der Waals surface area contributed by atoms with Crippen LogP contribution in [0.2, 0.25) is 0 Å². The van der Waals surface area contributed by atoms with Crippen LogP contribution in [0.5, 0.6) is 0 Å². The molecule has 2 heterocycles. The van der Waals surface area contributed by atoms with E-state index in [0.717, 1.165) is 19.2 Å². The Kier molecular flexibility index (Phi) is 2.88. The molecule has 0 N–H and O–H groups in total. The van der Waals surface area contributed by atoms with Gasteiger partial charge < -0.3 is 0 Å². The van der Waals surface area contributed by atoms with Crippen LogP contribution < -0.4 is 0 Å². The Hall–Kier alpha value is -1.10. The molecule has 88 valence electrons. The minimum atomic E-state index is -4.29. The molecule has 1 aliphatic heterocycles. The van der Waals surface area contributed by atoms with Crippen molar-refractivity contribution in [2.75, 3.05) is 6.54 Å². The van der Waals surface area contributed by atoms with Crippen molar-refractivity contribution in [3.63, 3.8) is 0 Å². The first-order valence-corrected chi connectivity index (χ1v) is 5.27. The molecule has 0 spiro atoms. The van der Waals surface area contributed by atoms with E-state index in [0.29, 0.717) is 24.2 Å². The van der Waals surface area contributed by atoms with E-state index in [1.807, 2.05) is 11.8 Å². The van der Waals surface area contributed by atoms with Gasteiger partial charge in [0.15, 0.2) is 0 Å². The molecule has 16 heavy (non-hydrogen) atoms. The second-order valence-corrected chi connectivity index (χ2v) is 4.03. The average molecular weight is 230 g/mol. The van der Waals surface area contributed by atoms with Crippen molar-refractivity contribution in [1.82, 2.24) is 9.88 Å². The highest BCUT2D eigenvalue weighted by Crippen LogP contribution is 2.36. The van der Waals surface area contributed by atoms with Gasteiger partial charge in [0.1, 0.15) is 0 Å². The Balaban J connectivity index is 2.31. The molecule has 1 aromatic heterocycles. The van der Waals surface area contributed by atoms with E-state index < -0.39 is 11.7 Å². The number of aromatic nitrogens is 1. The number of alkyl halides is 3. The Morgan fingerprint density at radius 1 is 1.31 bits per heavy atom. The second-order valence-electron chi connectivity index (χ2n) is 4.03. The Bertz CT molecular complexity index is 387. The molecule has 0 saturated carbocycles. The Morgan fingerprint density at radius 3 is 2.69 bits per heavy atom. The summed E-state index contributed by atoms with van der Waals surface area (Å²) in [6, 6.07) is 0. The van der Waals surface area contributed by atoms with Crippen molar-refractivity contribution in [3.05, 3.63) is 29.1 Å². The fourth-order valence-corrected chi connectivity index (χ4v) is 2.09. The Labute approximate surface area is 92.1 Å². The number of halogens is 3. The van der Waals surface area contributed by atoms with Gasteiger partial charge in [0, 0.05) is 25.5 Å². The van der Waals surface area contributed by atoms with Crippen LogP contribution in [0.25, 0.3) is 0 Å². The normalized spacial score (nSPS) is 16.5. The molecule has 0 aromatic carbocycles. The molecule has 0 radical (unpaired) electrons. The van der Waals surface area contributed by atoms with E-state index in [2.05, 4.69) is 4.98 Å². The van der Waals surface area contributed by atoms with Crippen LogP contribution >= 0.6 is 0 Å². The molecule has 0 saturated heterocycles. The fourth-order valence-electron chi connectivity index (χ4n) is 2.09. The zero-order chi connectivity index (χ0) is 11.8. The predicted molar refractivity (Wildman–Crippen MR) is 53.6 cm³/mol. The number of rotatable bonds is 2. The van der Waals surface area contributed by atoms with E-state index in [4.69, 9.17) is 0 Å². The van der Waals surface area contributed by atoms with Gasteiger partial charge in [-0.1, -0.05) is 6.92 Å². The maximum Gasteiger partial charge on any atom is 0.418 e. The highest BCUT2D eigenvalue weighted by atomic mass is 19.4. The summed E-state index contributed by atoms with van der Waals surface area (Å²) in [6.45, 7) is 3.82. The molecule has 1 aromatic rings. The molecule has 0 atom stereocenters. The molecular weight excluding hydrogens is 217 g/mol. The number of nitrogens with zero attached hydrogens (tertiary/aromatic N) is 2. The van der Waals surface area contributed by atoms with Gasteiger partial charge in [-0.3, -0.25) is 9.88 Å². The largest absolute Gasteiger partial charge is 0.418 e. The zero-order valence-corrected chi connectivity index (χ0v) is 9.01. The van der Waals surface area contributed by atoms with Gasteiger partial charge in [-0.25, -0.2) is 0 Å². The SMILES string of the molecule is CCCN1Cc2cncc(C(F)(F)F)c2C1. The van der Waals surface area contributed by atoms with Crippen LogP contribution in [0.15, 0.2) is 12.4 Å². The summed E-state index contributed by atoms with van der Waals surface area (Å²) in [5.41, 5.74) is 0.530. The van der Waals surface area contributed by atoms with E-state index in [1.54, 1.807) is 6.20 Å². The maximum atomic E-state index is 12.7. The summed E-state index contributed by atoms with van der Waals surface area (Å²) < 4.78 is 38.1. The van der Waals surface area contributed by atoms with E-state index >= 15 is 0 Å². The van der Waals surface area contributed by atoms with Crippen molar-refractivity contribution < 1.29 is 13.2 Å². The zero-order valence-electron chi connectivity index (χ0n) is 9.01. The molecule has 5 heteroatoms. The van der Waals surface area contributed by atoms with Gasteiger partial charge >= 0.3 is 6.18 Å². The van der Waals surface area contributed by atoms with Crippen LogP contribution in [-0.2, 0) is 19.3 Å². The topological polar surface area (TPSA) is 16.1 Å². The summed E-state index contributed by atoms with van der Waals surface area (Å²) in [5, 5.41) is 0. The van der Waals surface area contributed by atoms with Crippen LogP contribution in [0.3, 0.4) is 0 Å². The number of hydrogen-bond acceptors (Lipinski definition) is 2. The third-order valence-corrected chi connectivity index (χ3v) is 2.77. The summed E-state index contributed by atoms with van der Waals surface area (Å²) in [5.74, 6) is 0. The lowest BCUT2D eigenvalue weighted by molar-refractivity contribution is -0.138. The monoisotopic (exact) mass is 230 g/mol. The van der Waals surface area contributed by atoms with Crippen LogP contribution in [-0.4, -0.2) is 16.4 Å². The molecule has 2 nitrogen and oxygen atoms in total. The minimum absolute atomic E-state index is 0.389. The lowest BCUT2D eigenvalue weighted by Gasteiger charge is -2.13. The van der Waals surface area contributed by atoms with Crippen LogP contribution in [0, 0.1) is 0 Å². The first-order valence-electron chi connectivity index (χ1n) is 5.27. The van der Waals surface area contributed by atoms with Crippen molar-refractivity contribution in [2.24, 2.45) is 0 Å². The van der Waals surface area contributed by atoms with Crippen LogP contribution in [0.1, 0.15) is 30.0 Å². The maximum absolute atomic E-state index is 12.7. The summed E-state index contributed by atoms with van der Waals surface area (Å²) >= 11 is 0. The van der Waals surface area contributed by atoms with Crippen LogP contribution in [0.4, 0.5) is 13.2 Å². The van der Waals surface area contributed by atoms with Crippen molar-refractivity contribution in [3.8, 4) is 0 Å². The Morgan fingerprint density at radius 2 is 2.06 bits per heavy atom. The number of fused-ring (bicyclic) bond motifs is 1. The molecule has 0 fully saturated rings. The third-order valence-electron chi connectivity index (χ3n) is 2.77. The standard InChI is InChI=1S/C11H13F3N2/c1-2-3-16-6-8-4-15-5-10(9(8)7-16)11(12,13)14/h4-5H,2-3,6-7H2,1H3. The minimum Gasteiger partial charge on any atom is -0.295 e. The molecule has 0 bridgehead atoms. The highest BCUT2D eigenvalue weighted by Gasteiger charge is 2.36. The molecule has 0 unspecified atom stereocenters. The van der Waals surface area contributed by atoms with Gasteiger partial charge in [0.2, 0.25) is 0 Å². The fraction of sp³-hybridized carbons (Fsp3) is 0.545. The smallest absolute Gasteiger partial charge is 0.295 e. The molecule has 0 amide bonds. The van der Waals surface area contributed by atoms with E-state index in [9.17, 15) is 13.2 Å². The van der Waals surface area contributed by atoms with Gasteiger partial charge in [-0.05, 0) is 24.1 Å². The van der Waals surface area contributed by atoms with E-state index in [1.165, 1.54) is 0 Å². The summed E-state index contributed by atoms with van der Waals surface area (Å²) in [7, 11) is 0. The summed E-state index contributed by atoms with van der Waals surface area (Å²) in [4.78, 5) is 5.69. The lowest BCUT2D eigenvalue weighted by Crippen LogP contribution is -2.17. The molecule has 0 aliphatic carbocycles. The molecule has 2 rings (SSSR count). The van der Waals surface area contributed by atoms with Crippen molar-refractivity contribution in [2.45, 2.75) is 32.6 Å². The number of hydrogen-bond donors (Lipinski definition) is 0. The second kappa shape index (κ2) is 4.05. The van der Waals surface area contributed by atoms with E-state index in [-0.39, 0.29) is 0 Å². The third kappa shape index (κ3) is 2.04. The number of pyridine rings is 1.